The van der Waals surface area contributed by atoms with Gasteiger partial charge in [0, 0.05) is 11.3 Å². The lowest BCUT2D eigenvalue weighted by atomic mass is 9.97. The summed E-state index contributed by atoms with van der Waals surface area (Å²) in [4.78, 5) is 0. The van der Waals surface area contributed by atoms with Gasteiger partial charge in [-0.15, -0.1) is 0 Å². The van der Waals surface area contributed by atoms with Crippen molar-refractivity contribution < 1.29 is 0 Å². The molecule has 1 fully saturated rings. The Labute approximate surface area is 122 Å². The van der Waals surface area contributed by atoms with Crippen LogP contribution >= 0.6 is 11.8 Å². The maximum atomic E-state index is 6.50. The van der Waals surface area contributed by atoms with E-state index in [9.17, 15) is 0 Å². The first kappa shape index (κ1) is 14.9. The highest BCUT2D eigenvalue weighted by molar-refractivity contribution is 7.99. The fraction of sp³-hybridized carbons (Fsp3) is 0.647. The van der Waals surface area contributed by atoms with Crippen molar-refractivity contribution in [2.45, 2.75) is 50.8 Å². The second kappa shape index (κ2) is 7.35. The van der Waals surface area contributed by atoms with Crippen LogP contribution < -0.4 is 5.73 Å². The average molecular weight is 277 g/mol. The topological polar surface area (TPSA) is 26.0 Å². The maximum absolute atomic E-state index is 6.50. The number of rotatable bonds is 6. The van der Waals surface area contributed by atoms with Crippen LogP contribution in [0.3, 0.4) is 0 Å². The number of thioether (sulfide) groups is 1. The molecule has 106 valence electrons. The molecule has 0 saturated heterocycles. The average Bonchev–Trinajstić information content (AvgIpc) is 2.92. The van der Waals surface area contributed by atoms with Crippen molar-refractivity contribution in [3.05, 3.63) is 35.9 Å². The van der Waals surface area contributed by atoms with Crippen molar-refractivity contribution in [1.29, 1.82) is 0 Å². The summed E-state index contributed by atoms with van der Waals surface area (Å²) in [7, 11) is 0. The van der Waals surface area contributed by atoms with E-state index < -0.39 is 0 Å². The zero-order chi connectivity index (χ0) is 13.7. The summed E-state index contributed by atoms with van der Waals surface area (Å²) in [5.74, 6) is 2.86. The zero-order valence-corrected chi connectivity index (χ0v) is 13.0. The minimum atomic E-state index is 0.160. The van der Waals surface area contributed by atoms with Gasteiger partial charge in [-0.25, -0.2) is 0 Å². The number of hydrogen-bond acceptors (Lipinski definition) is 2. The highest BCUT2D eigenvalue weighted by atomic mass is 32.2. The lowest BCUT2D eigenvalue weighted by Crippen LogP contribution is -2.29. The fourth-order valence-corrected chi connectivity index (χ4v) is 4.58. The first-order valence-electron chi connectivity index (χ1n) is 7.60. The van der Waals surface area contributed by atoms with Crippen LogP contribution in [0.15, 0.2) is 30.3 Å². The van der Waals surface area contributed by atoms with Gasteiger partial charge >= 0.3 is 0 Å². The molecule has 1 aliphatic rings. The Morgan fingerprint density at radius 2 is 1.79 bits per heavy atom. The molecule has 0 bridgehead atoms. The van der Waals surface area contributed by atoms with Crippen molar-refractivity contribution in [3.63, 3.8) is 0 Å². The Hall–Kier alpha value is -0.470. The molecule has 1 saturated carbocycles. The van der Waals surface area contributed by atoms with E-state index in [1.54, 1.807) is 0 Å². The SMILES string of the molecule is CC(C)C(SCC1CCCC1)C(N)c1ccccc1. The minimum absolute atomic E-state index is 0.160. The van der Waals surface area contributed by atoms with Gasteiger partial charge < -0.3 is 5.73 Å². The molecule has 0 spiro atoms. The van der Waals surface area contributed by atoms with Gasteiger partial charge in [0.05, 0.1) is 0 Å². The molecule has 0 heterocycles. The normalized spacial score (nSPS) is 19.8. The number of nitrogens with two attached hydrogens (primary N) is 1. The van der Waals surface area contributed by atoms with Crippen molar-refractivity contribution in [3.8, 4) is 0 Å². The van der Waals surface area contributed by atoms with Crippen molar-refractivity contribution >= 4 is 11.8 Å². The predicted octanol–water partition coefficient (Wildman–Crippen LogP) is 4.63. The number of benzene rings is 1. The first-order chi connectivity index (χ1) is 9.18. The lowest BCUT2D eigenvalue weighted by molar-refractivity contribution is 0.523. The van der Waals surface area contributed by atoms with E-state index in [0.717, 1.165) is 5.92 Å². The highest BCUT2D eigenvalue weighted by Gasteiger charge is 2.25. The molecule has 0 aliphatic heterocycles. The summed E-state index contributed by atoms with van der Waals surface area (Å²) < 4.78 is 0. The third kappa shape index (κ3) is 4.25. The Morgan fingerprint density at radius 1 is 1.16 bits per heavy atom. The molecule has 2 atom stereocenters. The highest BCUT2D eigenvalue weighted by Crippen LogP contribution is 2.35. The number of hydrogen-bond donors (Lipinski definition) is 1. The van der Waals surface area contributed by atoms with Gasteiger partial charge in [0.1, 0.15) is 0 Å². The summed E-state index contributed by atoms with van der Waals surface area (Å²) >= 11 is 2.10. The molecule has 1 aromatic rings. The van der Waals surface area contributed by atoms with Crippen LogP contribution in [0.4, 0.5) is 0 Å². The van der Waals surface area contributed by atoms with Crippen LogP contribution in [0.1, 0.15) is 51.1 Å². The summed E-state index contributed by atoms with van der Waals surface area (Å²) in [5, 5.41) is 0.531. The first-order valence-corrected chi connectivity index (χ1v) is 8.65. The molecule has 0 aromatic heterocycles. The molecule has 1 aromatic carbocycles. The van der Waals surface area contributed by atoms with Crippen molar-refractivity contribution in [2.24, 2.45) is 17.6 Å². The van der Waals surface area contributed by atoms with Gasteiger partial charge in [-0.2, -0.15) is 11.8 Å². The molecular weight excluding hydrogens is 250 g/mol. The zero-order valence-electron chi connectivity index (χ0n) is 12.2. The van der Waals surface area contributed by atoms with E-state index in [4.69, 9.17) is 5.73 Å². The summed E-state index contributed by atoms with van der Waals surface area (Å²) in [6.07, 6.45) is 5.72. The third-order valence-corrected chi connectivity index (χ3v) is 6.08. The Balaban J connectivity index is 1.94. The van der Waals surface area contributed by atoms with Crippen LogP contribution in [-0.2, 0) is 0 Å². The van der Waals surface area contributed by atoms with E-state index in [2.05, 4.69) is 55.9 Å². The fourth-order valence-electron chi connectivity index (χ4n) is 3.00. The second-order valence-electron chi connectivity index (χ2n) is 6.13. The Bertz CT molecular complexity index is 357. The van der Waals surface area contributed by atoms with Crippen LogP contribution in [0.2, 0.25) is 0 Å². The summed E-state index contributed by atoms with van der Waals surface area (Å²) in [6, 6.07) is 10.7. The molecule has 0 amide bonds. The predicted molar refractivity (Wildman–Crippen MR) is 86.4 cm³/mol. The monoisotopic (exact) mass is 277 g/mol. The quantitative estimate of drug-likeness (QED) is 0.820. The molecule has 1 aliphatic carbocycles. The van der Waals surface area contributed by atoms with Gasteiger partial charge in [0.15, 0.2) is 0 Å². The minimum Gasteiger partial charge on any atom is -0.323 e. The van der Waals surface area contributed by atoms with Gasteiger partial charge in [-0.05, 0) is 36.0 Å². The molecule has 0 radical (unpaired) electrons. The third-order valence-electron chi connectivity index (χ3n) is 4.19. The Morgan fingerprint density at radius 3 is 2.37 bits per heavy atom. The van der Waals surface area contributed by atoms with Gasteiger partial charge in [-0.3, -0.25) is 0 Å². The smallest absolute Gasteiger partial charge is 0.0418 e. The molecule has 2 rings (SSSR count). The molecular formula is C17H27NS. The summed E-state index contributed by atoms with van der Waals surface area (Å²) in [6.45, 7) is 4.60. The van der Waals surface area contributed by atoms with E-state index in [1.165, 1.54) is 37.0 Å². The molecule has 2 heteroatoms. The van der Waals surface area contributed by atoms with Crippen LogP contribution in [-0.4, -0.2) is 11.0 Å². The molecule has 1 nitrogen and oxygen atoms in total. The van der Waals surface area contributed by atoms with E-state index in [1.807, 2.05) is 0 Å². The van der Waals surface area contributed by atoms with Crippen LogP contribution in [0, 0.1) is 11.8 Å². The van der Waals surface area contributed by atoms with Crippen molar-refractivity contribution in [2.75, 3.05) is 5.75 Å². The van der Waals surface area contributed by atoms with E-state index in [0.29, 0.717) is 11.2 Å². The van der Waals surface area contributed by atoms with Gasteiger partial charge in [-0.1, -0.05) is 57.0 Å². The lowest BCUT2D eigenvalue weighted by Gasteiger charge is -2.28. The summed E-state index contributed by atoms with van der Waals surface area (Å²) in [5.41, 5.74) is 7.78. The van der Waals surface area contributed by atoms with Crippen molar-refractivity contribution in [1.82, 2.24) is 0 Å². The largest absolute Gasteiger partial charge is 0.323 e. The van der Waals surface area contributed by atoms with E-state index >= 15 is 0 Å². The maximum Gasteiger partial charge on any atom is 0.0418 e. The van der Waals surface area contributed by atoms with Crippen LogP contribution in [0.25, 0.3) is 0 Å². The van der Waals surface area contributed by atoms with Gasteiger partial charge in [0.2, 0.25) is 0 Å². The molecule has 2 N–H and O–H groups in total. The van der Waals surface area contributed by atoms with E-state index in [-0.39, 0.29) is 6.04 Å². The molecule has 2 unspecified atom stereocenters. The Kier molecular flexibility index (Phi) is 5.77. The standard InChI is InChI=1S/C17H27NS/c1-13(2)17(19-12-14-8-6-7-9-14)16(18)15-10-4-3-5-11-15/h3-5,10-11,13-14,16-17H,6-9,12,18H2,1-2H3. The van der Waals surface area contributed by atoms with Gasteiger partial charge in [0.25, 0.3) is 0 Å². The molecule has 19 heavy (non-hydrogen) atoms. The second-order valence-corrected chi connectivity index (χ2v) is 7.34. The van der Waals surface area contributed by atoms with Crippen LogP contribution in [0.5, 0.6) is 0 Å².